The molecule has 1 aromatic carbocycles. The highest BCUT2D eigenvalue weighted by atomic mass is 16.5. The van der Waals surface area contributed by atoms with E-state index in [1.165, 1.54) is 6.20 Å². The van der Waals surface area contributed by atoms with Gasteiger partial charge in [0.1, 0.15) is 17.1 Å². The molecule has 6 N–H and O–H groups in total. The van der Waals surface area contributed by atoms with E-state index in [0.29, 0.717) is 24.9 Å². The monoisotopic (exact) mass is 360 g/mol. The van der Waals surface area contributed by atoms with Crippen LogP contribution in [0.15, 0.2) is 24.4 Å². The molecule has 1 heterocycles. The van der Waals surface area contributed by atoms with Crippen molar-refractivity contribution in [2.45, 2.75) is 13.0 Å². The van der Waals surface area contributed by atoms with Crippen LogP contribution in [0, 0.1) is 6.92 Å². The molecule has 26 heavy (non-hydrogen) atoms. The number of aryl methyl sites for hydroxylation is 1. The molecule has 1 amide bonds. The van der Waals surface area contributed by atoms with Crippen molar-refractivity contribution >= 4 is 23.4 Å². The van der Waals surface area contributed by atoms with Crippen LogP contribution < -0.4 is 26.8 Å². The number of carbonyl (C=O) groups is 1. The Kier molecular flexibility index (Phi) is 6.70. The van der Waals surface area contributed by atoms with Crippen LogP contribution in [0.1, 0.15) is 15.9 Å². The predicted octanol–water partition coefficient (Wildman–Crippen LogP) is 1.02. The topological polar surface area (TPSA) is 137 Å². The number of nitrogens with one attached hydrogen (secondary N) is 2. The highest BCUT2D eigenvalue weighted by Crippen LogP contribution is 2.25. The van der Waals surface area contributed by atoms with Crippen LogP contribution >= 0.6 is 0 Å². The van der Waals surface area contributed by atoms with Crippen molar-refractivity contribution in [2.24, 2.45) is 11.5 Å². The van der Waals surface area contributed by atoms with Crippen molar-refractivity contribution in [1.29, 1.82) is 0 Å². The van der Waals surface area contributed by atoms with Crippen molar-refractivity contribution in [2.75, 3.05) is 38.0 Å². The van der Waals surface area contributed by atoms with Gasteiger partial charge < -0.3 is 31.6 Å². The van der Waals surface area contributed by atoms with E-state index in [0.717, 1.165) is 17.0 Å². The van der Waals surface area contributed by atoms with Crippen LogP contribution in [-0.4, -0.2) is 49.3 Å². The Morgan fingerprint density at radius 2 is 2.12 bits per heavy atom. The van der Waals surface area contributed by atoms with Gasteiger partial charge in [0.05, 0.1) is 13.7 Å². The van der Waals surface area contributed by atoms with Gasteiger partial charge in [0.15, 0.2) is 0 Å². The van der Waals surface area contributed by atoms with Gasteiger partial charge in [0, 0.05) is 31.6 Å². The second-order valence-corrected chi connectivity index (χ2v) is 5.73. The number of hydrogen-bond acceptors (Lipinski definition) is 8. The summed E-state index contributed by atoms with van der Waals surface area (Å²) in [4.78, 5) is 20.1. The maximum Gasteiger partial charge on any atom is 0.254 e. The van der Waals surface area contributed by atoms with Gasteiger partial charge in [-0.25, -0.2) is 4.98 Å². The van der Waals surface area contributed by atoms with Gasteiger partial charge in [-0.1, -0.05) is 0 Å². The van der Waals surface area contributed by atoms with Gasteiger partial charge in [0.25, 0.3) is 5.91 Å². The summed E-state index contributed by atoms with van der Waals surface area (Å²) in [6, 6.07) is 5.32. The molecule has 2 aromatic rings. The number of aromatic nitrogens is 2. The molecule has 0 aliphatic rings. The highest BCUT2D eigenvalue weighted by molar-refractivity contribution is 5.98. The van der Waals surface area contributed by atoms with E-state index >= 15 is 0 Å². The zero-order valence-electron chi connectivity index (χ0n) is 15.1. The summed E-state index contributed by atoms with van der Waals surface area (Å²) in [5.74, 6) is 0.775. The first-order valence-electron chi connectivity index (χ1n) is 8.01. The molecule has 9 nitrogen and oxygen atoms in total. The summed E-state index contributed by atoms with van der Waals surface area (Å²) < 4.78 is 10.2. The fourth-order valence-corrected chi connectivity index (χ4v) is 2.33. The minimum atomic E-state index is -0.625. The molecule has 0 saturated heterocycles. The summed E-state index contributed by atoms with van der Waals surface area (Å²) in [6.45, 7) is 2.75. The number of methoxy groups -OCH3 is 2. The number of ether oxygens (including phenoxy) is 2. The summed E-state index contributed by atoms with van der Waals surface area (Å²) >= 11 is 0. The molecular weight excluding hydrogens is 336 g/mol. The molecular formula is C17H24N6O3. The largest absolute Gasteiger partial charge is 0.496 e. The molecule has 0 spiro atoms. The van der Waals surface area contributed by atoms with Crippen LogP contribution in [0.3, 0.4) is 0 Å². The molecule has 0 unspecified atom stereocenters. The molecule has 0 bridgehead atoms. The Bertz CT molecular complexity index is 768. The van der Waals surface area contributed by atoms with E-state index in [1.54, 1.807) is 14.2 Å². The second-order valence-electron chi connectivity index (χ2n) is 5.73. The van der Waals surface area contributed by atoms with Crippen LogP contribution in [0.25, 0.3) is 0 Å². The number of nitrogens with two attached hydrogens (primary N) is 2. The Labute approximate surface area is 152 Å². The average Bonchev–Trinajstić information content (AvgIpc) is 2.60. The predicted molar refractivity (Wildman–Crippen MR) is 99.9 cm³/mol. The Morgan fingerprint density at radius 1 is 1.35 bits per heavy atom. The Hall–Kier alpha value is -2.91. The maximum absolute atomic E-state index is 11.7. The zero-order valence-corrected chi connectivity index (χ0v) is 15.1. The average molecular weight is 360 g/mol. The van der Waals surface area contributed by atoms with E-state index < -0.39 is 5.91 Å². The number of carbonyl (C=O) groups excluding carboxylic acids is 1. The number of amides is 1. The first kappa shape index (κ1) is 19.4. The van der Waals surface area contributed by atoms with Crippen molar-refractivity contribution in [1.82, 2.24) is 9.97 Å². The first-order valence-corrected chi connectivity index (χ1v) is 8.01. The van der Waals surface area contributed by atoms with E-state index in [2.05, 4.69) is 20.6 Å². The molecule has 140 valence electrons. The van der Waals surface area contributed by atoms with Crippen LogP contribution in [-0.2, 0) is 4.74 Å². The van der Waals surface area contributed by atoms with Crippen molar-refractivity contribution in [3.63, 3.8) is 0 Å². The third kappa shape index (κ3) is 5.04. The molecule has 0 saturated carbocycles. The molecule has 2 rings (SSSR count). The van der Waals surface area contributed by atoms with Crippen LogP contribution in [0.2, 0.25) is 0 Å². The highest BCUT2D eigenvalue weighted by Gasteiger charge is 2.13. The summed E-state index contributed by atoms with van der Waals surface area (Å²) in [6.07, 6.45) is 1.37. The van der Waals surface area contributed by atoms with Gasteiger partial charge >= 0.3 is 0 Å². The number of benzene rings is 1. The fourth-order valence-electron chi connectivity index (χ4n) is 2.33. The number of primary amides is 1. The molecule has 1 aromatic heterocycles. The number of hydrogen-bond donors (Lipinski definition) is 4. The summed E-state index contributed by atoms with van der Waals surface area (Å²) in [5, 5.41) is 6.11. The van der Waals surface area contributed by atoms with E-state index in [9.17, 15) is 4.79 Å². The van der Waals surface area contributed by atoms with E-state index in [-0.39, 0.29) is 11.6 Å². The minimum absolute atomic E-state index is 0.185. The molecule has 1 atom stereocenters. The van der Waals surface area contributed by atoms with Gasteiger partial charge in [0.2, 0.25) is 5.95 Å². The standard InChI is InChI=1S/C17H24N6O3/c1-10-6-12(4-5-14(10)26-3)22-16-13(15(19)24)8-21-17(23-16)20-7-11(18)9-25-2/h4-6,8,11H,7,9,18H2,1-3H3,(H2,19,24)(H2,20,21,22,23)/t11-/m1/s1. The lowest BCUT2D eigenvalue weighted by Gasteiger charge is -2.14. The SMILES string of the molecule is COC[C@H](N)CNc1ncc(C(N)=O)c(Nc2ccc(OC)c(C)c2)n1. The normalized spacial score (nSPS) is 11.7. The third-order valence-corrected chi connectivity index (χ3v) is 3.61. The maximum atomic E-state index is 11.7. The smallest absolute Gasteiger partial charge is 0.254 e. The summed E-state index contributed by atoms with van der Waals surface area (Å²) in [5.41, 5.74) is 13.2. The molecule has 0 fully saturated rings. The van der Waals surface area contributed by atoms with Gasteiger partial charge in [-0.15, -0.1) is 0 Å². The van der Waals surface area contributed by atoms with Gasteiger partial charge in [-0.2, -0.15) is 4.98 Å². The molecule has 0 aliphatic carbocycles. The zero-order chi connectivity index (χ0) is 19.1. The number of anilines is 3. The minimum Gasteiger partial charge on any atom is -0.496 e. The lowest BCUT2D eigenvalue weighted by molar-refractivity contribution is 0.100. The quantitative estimate of drug-likeness (QED) is 0.520. The van der Waals surface area contributed by atoms with Crippen LogP contribution in [0.4, 0.5) is 17.5 Å². The van der Waals surface area contributed by atoms with Crippen molar-refractivity contribution < 1.29 is 14.3 Å². The molecule has 9 heteroatoms. The van der Waals surface area contributed by atoms with Crippen molar-refractivity contribution in [3.8, 4) is 5.75 Å². The van der Waals surface area contributed by atoms with Crippen molar-refractivity contribution in [3.05, 3.63) is 35.5 Å². The number of nitrogens with zero attached hydrogens (tertiary/aromatic N) is 2. The van der Waals surface area contributed by atoms with Crippen LogP contribution in [0.5, 0.6) is 5.75 Å². The van der Waals surface area contributed by atoms with E-state index in [1.807, 2.05) is 25.1 Å². The lowest BCUT2D eigenvalue weighted by atomic mass is 10.2. The molecule has 0 aliphatic heterocycles. The lowest BCUT2D eigenvalue weighted by Crippen LogP contribution is -2.33. The third-order valence-electron chi connectivity index (χ3n) is 3.61. The van der Waals surface area contributed by atoms with Gasteiger partial charge in [-0.05, 0) is 30.7 Å². The first-order chi connectivity index (χ1) is 12.4. The Balaban J connectivity index is 2.22. The Morgan fingerprint density at radius 3 is 2.73 bits per heavy atom. The second kappa shape index (κ2) is 8.97. The molecule has 0 radical (unpaired) electrons. The number of rotatable bonds is 9. The summed E-state index contributed by atoms with van der Waals surface area (Å²) in [7, 11) is 3.19. The van der Waals surface area contributed by atoms with Gasteiger partial charge in [-0.3, -0.25) is 4.79 Å². The van der Waals surface area contributed by atoms with E-state index in [4.69, 9.17) is 20.9 Å². The fraction of sp³-hybridized carbons (Fsp3) is 0.353.